The van der Waals surface area contributed by atoms with Crippen LogP contribution in [0.25, 0.3) is 0 Å². The highest BCUT2D eigenvalue weighted by molar-refractivity contribution is 5.89. The number of unbranched alkanes of at least 4 members (excludes halogenated alkanes) is 1. The van der Waals surface area contributed by atoms with E-state index >= 15 is 0 Å². The lowest BCUT2D eigenvalue weighted by Crippen LogP contribution is -2.31. The first-order valence-electron chi connectivity index (χ1n) is 9.77. The molecule has 2 aromatic carbocycles. The fourth-order valence-electron chi connectivity index (χ4n) is 2.97. The van der Waals surface area contributed by atoms with E-state index in [2.05, 4.69) is 22.9 Å². The fraction of sp³-hybridized carbons (Fsp3) is 0.364. The molecule has 1 heterocycles. The van der Waals surface area contributed by atoms with E-state index in [0.717, 1.165) is 42.1 Å². The van der Waals surface area contributed by atoms with E-state index in [9.17, 15) is 9.59 Å². The highest BCUT2D eigenvalue weighted by Crippen LogP contribution is 2.21. The second-order valence-electron chi connectivity index (χ2n) is 6.97. The van der Waals surface area contributed by atoms with Gasteiger partial charge in [0.25, 0.3) is 0 Å². The number of ether oxygens (including phenoxy) is 1. The lowest BCUT2D eigenvalue weighted by Gasteiger charge is -2.11. The summed E-state index contributed by atoms with van der Waals surface area (Å²) in [6.07, 6.45) is 2.45. The highest BCUT2D eigenvalue weighted by Gasteiger charge is 2.27. The van der Waals surface area contributed by atoms with Gasteiger partial charge in [0.15, 0.2) is 0 Å². The minimum absolute atomic E-state index is 0.0591. The predicted octanol–water partition coefficient (Wildman–Crippen LogP) is 3.36. The number of carbonyl (C=O) groups excluding carboxylic acids is 2. The lowest BCUT2D eigenvalue weighted by molar-refractivity contribution is -0.126. The van der Waals surface area contributed by atoms with Crippen molar-refractivity contribution >= 4 is 23.2 Å². The minimum Gasteiger partial charge on any atom is -0.494 e. The van der Waals surface area contributed by atoms with Crippen LogP contribution in [-0.4, -0.2) is 25.0 Å². The molecule has 1 fully saturated rings. The van der Waals surface area contributed by atoms with Crippen LogP contribution in [0.2, 0.25) is 0 Å². The molecule has 1 aliphatic heterocycles. The van der Waals surface area contributed by atoms with Crippen molar-refractivity contribution in [3.63, 3.8) is 0 Å². The summed E-state index contributed by atoms with van der Waals surface area (Å²) in [5.41, 5.74) is 2.97. The number of hydrogen-bond donors (Lipinski definition) is 3. The van der Waals surface area contributed by atoms with Crippen LogP contribution in [0.5, 0.6) is 5.75 Å². The summed E-state index contributed by atoms with van der Waals surface area (Å²) in [5, 5.41) is 8.92. The fourth-order valence-corrected chi connectivity index (χ4v) is 2.97. The number of carbonyl (C=O) groups is 2. The van der Waals surface area contributed by atoms with Gasteiger partial charge in [-0.05, 0) is 48.4 Å². The first kappa shape index (κ1) is 19.7. The van der Waals surface area contributed by atoms with Gasteiger partial charge in [-0.2, -0.15) is 0 Å². The third-order valence-corrected chi connectivity index (χ3v) is 4.68. The summed E-state index contributed by atoms with van der Waals surface area (Å²) in [7, 11) is 0. The van der Waals surface area contributed by atoms with Gasteiger partial charge in [-0.15, -0.1) is 0 Å². The number of hydrogen-bond acceptors (Lipinski definition) is 4. The molecule has 1 unspecified atom stereocenters. The van der Waals surface area contributed by atoms with Crippen molar-refractivity contribution in [2.75, 3.05) is 18.5 Å². The molecule has 1 saturated heterocycles. The van der Waals surface area contributed by atoms with Gasteiger partial charge < -0.3 is 20.7 Å². The van der Waals surface area contributed by atoms with E-state index in [1.807, 2.05) is 48.5 Å². The van der Waals surface area contributed by atoms with Crippen molar-refractivity contribution in [1.29, 1.82) is 0 Å². The Kier molecular flexibility index (Phi) is 6.89. The van der Waals surface area contributed by atoms with E-state index in [1.54, 1.807) is 0 Å². The second-order valence-corrected chi connectivity index (χ2v) is 6.97. The molecule has 3 rings (SSSR count). The van der Waals surface area contributed by atoms with Crippen LogP contribution in [0, 0.1) is 5.92 Å². The Morgan fingerprint density at radius 2 is 1.79 bits per heavy atom. The Balaban J connectivity index is 1.46. The molecule has 6 nitrogen and oxygen atoms in total. The number of nitrogens with one attached hydrogen (secondary N) is 3. The van der Waals surface area contributed by atoms with Gasteiger partial charge in [-0.3, -0.25) is 9.59 Å². The number of anilines is 2. The molecule has 2 aromatic rings. The Morgan fingerprint density at radius 3 is 2.39 bits per heavy atom. The lowest BCUT2D eigenvalue weighted by atomic mass is 10.1. The second kappa shape index (κ2) is 9.78. The molecule has 0 radical (unpaired) electrons. The molecule has 1 atom stereocenters. The largest absolute Gasteiger partial charge is 0.494 e. The maximum atomic E-state index is 12.1. The number of amides is 2. The Bertz CT molecular complexity index is 788. The van der Waals surface area contributed by atoms with Gasteiger partial charge in [0.1, 0.15) is 5.75 Å². The van der Waals surface area contributed by atoms with Crippen molar-refractivity contribution < 1.29 is 14.3 Å². The molecule has 6 heteroatoms. The molecule has 28 heavy (non-hydrogen) atoms. The Morgan fingerprint density at radius 1 is 1.11 bits per heavy atom. The van der Waals surface area contributed by atoms with Gasteiger partial charge in [0.05, 0.1) is 12.5 Å². The van der Waals surface area contributed by atoms with Crippen LogP contribution in [-0.2, 0) is 16.1 Å². The normalized spacial score (nSPS) is 15.8. The monoisotopic (exact) mass is 381 g/mol. The van der Waals surface area contributed by atoms with Crippen molar-refractivity contribution in [3.05, 3.63) is 54.1 Å². The van der Waals surface area contributed by atoms with Crippen LogP contribution < -0.4 is 20.7 Å². The predicted molar refractivity (Wildman–Crippen MR) is 110 cm³/mol. The molecule has 3 N–H and O–H groups in total. The van der Waals surface area contributed by atoms with Crippen molar-refractivity contribution in [2.45, 2.75) is 32.7 Å². The van der Waals surface area contributed by atoms with Crippen LogP contribution in [0.1, 0.15) is 31.7 Å². The zero-order chi connectivity index (χ0) is 19.8. The van der Waals surface area contributed by atoms with E-state index < -0.39 is 0 Å². The molecule has 0 aliphatic carbocycles. The van der Waals surface area contributed by atoms with Gasteiger partial charge in [0.2, 0.25) is 11.8 Å². The average molecular weight is 381 g/mol. The summed E-state index contributed by atoms with van der Waals surface area (Å²) < 4.78 is 5.67. The molecule has 0 aromatic heterocycles. The summed E-state index contributed by atoms with van der Waals surface area (Å²) in [4.78, 5) is 23.2. The Labute approximate surface area is 165 Å². The van der Waals surface area contributed by atoms with E-state index in [4.69, 9.17) is 4.74 Å². The quantitative estimate of drug-likeness (QED) is 0.582. The summed E-state index contributed by atoms with van der Waals surface area (Å²) in [6, 6.07) is 15.8. The van der Waals surface area contributed by atoms with E-state index in [1.165, 1.54) is 0 Å². The van der Waals surface area contributed by atoms with Gasteiger partial charge in [-0.1, -0.05) is 25.5 Å². The first-order chi connectivity index (χ1) is 13.6. The van der Waals surface area contributed by atoms with E-state index in [-0.39, 0.29) is 24.2 Å². The zero-order valence-corrected chi connectivity index (χ0v) is 16.2. The smallest absolute Gasteiger partial charge is 0.225 e. The molecule has 1 aliphatic rings. The number of benzene rings is 2. The molecule has 148 valence electrons. The SMILES string of the molecule is CCCCOc1ccc(Nc2ccc(CNC(=O)C3CNC(=O)C3)cc2)cc1. The maximum absolute atomic E-state index is 12.1. The van der Waals surface area contributed by atoms with Crippen LogP contribution in [0.15, 0.2) is 48.5 Å². The highest BCUT2D eigenvalue weighted by atomic mass is 16.5. The zero-order valence-electron chi connectivity index (χ0n) is 16.2. The summed E-state index contributed by atoms with van der Waals surface area (Å²) in [6.45, 7) is 3.77. The topological polar surface area (TPSA) is 79.5 Å². The molecular weight excluding hydrogens is 354 g/mol. The van der Waals surface area contributed by atoms with Gasteiger partial charge in [0, 0.05) is 30.9 Å². The van der Waals surface area contributed by atoms with Crippen molar-refractivity contribution in [3.8, 4) is 5.75 Å². The molecule has 0 spiro atoms. The summed E-state index contributed by atoms with van der Waals surface area (Å²) in [5.74, 6) is 0.476. The third-order valence-electron chi connectivity index (χ3n) is 4.68. The van der Waals surface area contributed by atoms with Crippen molar-refractivity contribution in [1.82, 2.24) is 10.6 Å². The summed E-state index contributed by atoms with van der Waals surface area (Å²) >= 11 is 0. The molecule has 0 saturated carbocycles. The molecular formula is C22H27N3O3. The van der Waals surface area contributed by atoms with E-state index in [0.29, 0.717) is 13.1 Å². The first-order valence-corrected chi connectivity index (χ1v) is 9.77. The Hall–Kier alpha value is -3.02. The third kappa shape index (κ3) is 5.74. The molecule has 0 bridgehead atoms. The van der Waals surface area contributed by atoms with Crippen LogP contribution >= 0.6 is 0 Å². The van der Waals surface area contributed by atoms with Gasteiger partial charge in [-0.25, -0.2) is 0 Å². The average Bonchev–Trinajstić information content (AvgIpc) is 3.15. The standard InChI is InChI=1S/C22H27N3O3/c1-2-3-12-28-20-10-8-19(9-11-20)25-18-6-4-16(5-7-18)14-24-22(27)17-13-21(26)23-15-17/h4-11,17,25H,2-3,12-15H2,1H3,(H,23,26)(H,24,27). The minimum atomic E-state index is -0.262. The van der Waals surface area contributed by atoms with Crippen molar-refractivity contribution in [2.24, 2.45) is 5.92 Å². The van der Waals surface area contributed by atoms with Gasteiger partial charge >= 0.3 is 0 Å². The molecule has 2 amide bonds. The number of rotatable bonds is 9. The van der Waals surface area contributed by atoms with Crippen LogP contribution in [0.3, 0.4) is 0 Å². The maximum Gasteiger partial charge on any atom is 0.225 e. The van der Waals surface area contributed by atoms with Crippen LogP contribution in [0.4, 0.5) is 11.4 Å².